The molecule has 1 aromatic rings. The standard InChI is InChI=1S/C13H21NO2/c1-10(2)9-13(15)14-11(3)6-7-12-5-4-8-16-12/h4-5,8,10-11H,6-7,9H2,1-3H3,(H,14,15)/t11-/m0/s1. The van der Waals surface area contributed by atoms with Crippen LogP contribution in [0.15, 0.2) is 22.8 Å². The van der Waals surface area contributed by atoms with Crippen LogP contribution < -0.4 is 5.32 Å². The first kappa shape index (κ1) is 12.8. The van der Waals surface area contributed by atoms with E-state index < -0.39 is 0 Å². The average molecular weight is 223 g/mol. The molecule has 0 radical (unpaired) electrons. The van der Waals surface area contributed by atoms with Crippen LogP contribution in [-0.4, -0.2) is 11.9 Å². The minimum atomic E-state index is 0.141. The van der Waals surface area contributed by atoms with Gasteiger partial charge >= 0.3 is 0 Å². The van der Waals surface area contributed by atoms with Gasteiger partial charge in [0.2, 0.25) is 5.91 Å². The molecule has 1 rings (SSSR count). The maximum absolute atomic E-state index is 11.5. The minimum absolute atomic E-state index is 0.141. The van der Waals surface area contributed by atoms with Crippen molar-refractivity contribution in [3.8, 4) is 0 Å². The van der Waals surface area contributed by atoms with Crippen molar-refractivity contribution in [3.63, 3.8) is 0 Å². The fourth-order valence-electron chi connectivity index (χ4n) is 1.59. The third-order valence-corrected chi connectivity index (χ3v) is 2.40. The summed E-state index contributed by atoms with van der Waals surface area (Å²) in [6, 6.07) is 4.05. The molecule has 1 atom stereocenters. The van der Waals surface area contributed by atoms with E-state index in [4.69, 9.17) is 4.42 Å². The van der Waals surface area contributed by atoms with Gasteiger partial charge in [-0.1, -0.05) is 13.8 Å². The third kappa shape index (κ3) is 5.01. The Balaban J connectivity index is 2.20. The van der Waals surface area contributed by atoms with E-state index in [1.54, 1.807) is 6.26 Å². The highest BCUT2D eigenvalue weighted by Crippen LogP contribution is 2.06. The normalized spacial score (nSPS) is 12.8. The van der Waals surface area contributed by atoms with Gasteiger partial charge in [-0.15, -0.1) is 0 Å². The van der Waals surface area contributed by atoms with Crippen molar-refractivity contribution < 1.29 is 9.21 Å². The number of aryl methyl sites for hydroxylation is 1. The van der Waals surface area contributed by atoms with Crippen molar-refractivity contribution in [1.29, 1.82) is 0 Å². The summed E-state index contributed by atoms with van der Waals surface area (Å²) < 4.78 is 5.24. The van der Waals surface area contributed by atoms with Crippen molar-refractivity contribution in [3.05, 3.63) is 24.2 Å². The lowest BCUT2D eigenvalue weighted by Crippen LogP contribution is -2.33. The van der Waals surface area contributed by atoms with Crippen LogP contribution in [-0.2, 0) is 11.2 Å². The predicted molar refractivity (Wildman–Crippen MR) is 64.1 cm³/mol. The summed E-state index contributed by atoms with van der Waals surface area (Å²) in [5.74, 6) is 1.53. The molecule has 0 aliphatic heterocycles. The molecular weight excluding hydrogens is 202 g/mol. The van der Waals surface area contributed by atoms with Gasteiger partial charge < -0.3 is 9.73 Å². The summed E-state index contributed by atoms with van der Waals surface area (Å²) in [6.07, 6.45) is 4.07. The highest BCUT2D eigenvalue weighted by molar-refractivity contribution is 5.76. The Morgan fingerprint density at radius 1 is 1.44 bits per heavy atom. The molecule has 0 fully saturated rings. The second-order valence-corrected chi connectivity index (χ2v) is 4.68. The van der Waals surface area contributed by atoms with E-state index in [0.29, 0.717) is 12.3 Å². The number of amides is 1. The molecule has 0 bridgehead atoms. The molecule has 0 aromatic carbocycles. The smallest absolute Gasteiger partial charge is 0.220 e. The van der Waals surface area contributed by atoms with E-state index in [1.807, 2.05) is 32.9 Å². The number of furan rings is 1. The van der Waals surface area contributed by atoms with Gasteiger partial charge in [-0.3, -0.25) is 4.79 Å². The van der Waals surface area contributed by atoms with Gasteiger partial charge in [-0.05, 0) is 31.4 Å². The quantitative estimate of drug-likeness (QED) is 0.805. The minimum Gasteiger partial charge on any atom is -0.469 e. The Bertz CT molecular complexity index is 304. The molecule has 90 valence electrons. The third-order valence-electron chi connectivity index (χ3n) is 2.40. The maximum atomic E-state index is 11.5. The van der Waals surface area contributed by atoms with Crippen molar-refractivity contribution >= 4 is 5.91 Å². The monoisotopic (exact) mass is 223 g/mol. The molecule has 1 amide bonds. The first-order chi connectivity index (χ1) is 7.58. The van der Waals surface area contributed by atoms with E-state index in [1.165, 1.54) is 0 Å². The number of hydrogen-bond donors (Lipinski definition) is 1. The lowest BCUT2D eigenvalue weighted by molar-refractivity contribution is -0.122. The Kier molecular flexibility index (Phi) is 5.09. The van der Waals surface area contributed by atoms with Gasteiger partial charge in [0.1, 0.15) is 5.76 Å². The molecule has 0 unspecified atom stereocenters. The SMILES string of the molecule is CC(C)CC(=O)N[C@@H](C)CCc1ccco1. The van der Waals surface area contributed by atoms with Crippen molar-refractivity contribution in [2.75, 3.05) is 0 Å². The number of rotatable bonds is 6. The molecule has 0 aliphatic rings. The maximum Gasteiger partial charge on any atom is 0.220 e. The highest BCUT2D eigenvalue weighted by Gasteiger charge is 2.09. The average Bonchev–Trinajstić information content (AvgIpc) is 2.65. The number of carbonyl (C=O) groups excluding carboxylic acids is 1. The molecule has 3 nitrogen and oxygen atoms in total. The molecular formula is C13H21NO2. The van der Waals surface area contributed by atoms with Gasteiger partial charge in [0, 0.05) is 18.9 Å². The molecule has 1 N–H and O–H groups in total. The molecule has 1 heterocycles. The van der Waals surface area contributed by atoms with E-state index in [-0.39, 0.29) is 11.9 Å². The Hall–Kier alpha value is -1.25. The van der Waals surface area contributed by atoms with E-state index >= 15 is 0 Å². The predicted octanol–water partition coefficient (Wildman–Crippen LogP) is 2.76. The van der Waals surface area contributed by atoms with E-state index in [2.05, 4.69) is 5.32 Å². The van der Waals surface area contributed by atoms with Crippen LogP contribution in [0.4, 0.5) is 0 Å². The van der Waals surface area contributed by atoms with Crippen LogP contribution in [0.2, 0.25) is 0 Å². The molecule has 3 heteroatoms. The van der Waals surface area contributed by atoms with Crippen LogP contribution in [0, 0.1) is 5.92 Å². The van der Waals surface area contributed by atoms with Crippen molar-refractivity contribution in [2.24, 2.45) is 5.92 Å². The topological polar surface area (TPSA) is 42.2 Å². The van der Waals surface area contributed by atoms with Gasteiger partial charge in [0.05, 0.1) is 6.26 Å². The zero-order valence-electron chi connectivity index (χ0n) is 10.3. The van der Waals surface area contributed by atoms with Crippen LogP contribution in [0.1, 0.15) is 39.4 Å². The fourth-order valence-corrected chi connectivity index (χ4v) is 1.59. The zero-order valence-corrected chi connectivity index (χ0v) is 10.3. The zero-order chi connectivity index (χ0) is 12.0. The van der Waals surface area contributed by atoms with Crippen LogP contribution >= 0.6 is 0 Å². The summed E-state index contributed by atoms with van der Waals surface area (Å²) in [7, 11) is 0. The first-order valence-electron chi connectivity index (χ1n) is 5.89. The summed E-state index contributed by atoms with van der Waals surface area (Å²) in [4.78, 5) is 11.5. The van der Waals surface area contributed by atoms with E-state index in [9.17, 15) is 4.79 Å². The Morgan fingerprint density at radius 3 is 2.75 bits per heavy atom. The Labute approximate surface area is 97.2 Å². The van der Waals surface area contributed by atoms with Gasteiger partial charge in [-0.25, -0.2) is 0 Å². The van der Waals surface area contributed by atoms with Crippen LogP contribution in [0.5, 0.6) is 0 Å². The van der Waals surface area contributed by atoms with E-state index in [0.717, 1.165) is 18.6 Å². The van der Waals surface area contributed by atoms with Crippen molar-refractivity contribution in [1.82, 2.24) is 5.32 Å². The first-order valence-corrected chi connectivity index (χ1v) is 5.89. The molecule has 0 spiro atoms. The number of hydrogen-bond acceptors (Lipinski definition) is 2. The highest BCUT2D eigenvalue weighted by atomic mass is 16.3. The fraction of sp³-hybridized carbons (Fsp3) is 0.615. The van der Waals surface area contributed by atoms with Crippen LogP contribution in [0.3, 0.4) is 0 Å². The van der Waals surface area contributed by atoms with Gasteiger partial charge in [-0.2, -0.15) is 0 Å². The number of nitrogens with one attached hydrogen (secondary N) is 1. The molecule has 0 saturated carbocycles. The molecule has 0 aliphatic carbocycles. The summed E-state index contributed by atoms with van der Waals surface area (Å²) in [6.45, 7) is 6.13. The number of carbonyl (C=O) groups is 1. The lowest BCUT2D eigenvalue weighted by Gasteiger charge is -2.14. The van der Waals surface area contributed by atoms with Crippen LogP contribution in [0.25, 0.3) is 0 Å². The largest absolute Gasteiger partial charge is 0.469 e. The Morgan fingerprint density at radius 2 is 2.19 bits per heavy atom. The van der Waals surface area contributed by atoms with Crippen molar-refractivity contribution in [2.45, 2.75) is 46.1 Å². The molecule has 1 aromatic heterocycles. The lowest BCUT2D eigenvalue weighted by atomic mass is 10.1. The summed E-state index contributed by atoms with van der Waals surface area (Å²) in [5, 5.41) is 2.99. The second-order valence-electron chi connectivity index (χ2n) is 4.68. The summed E-state index contributed by atoms with van der Waals surface area (Å²) >= 11 is 0. The second kappa shape index (κ2) is 6.36. The molecule has 0 saturated heterocycles. The summed E-state index contributed by atoms with van der Waals surface area (Å²) in [5.41, 5.74) is 0. The van der Waals surface area contributed by atoms with Gasteiger partial charge in [0.25, 0.3) is 0 Å². The molecule has 16 heavy (non-hydrogen) atoms. The van der Waals surface area contributed by atoms with Gasteiger partial charge in [0.15, 0.2) is 0 Å².